The molecule has 29 heavy (non-hydrogen) atoms. The van der Waals surface area contributed by atoms with Gasteiger partial charge in [0.1, 0.15) is 0 Å². The largest absolute Gasteiger partial charge is 0.493 e. The molecular weight excluding hydrogens is 374 g/mol. The van der Waals surface area contributed by atoms with Crippen LogP contribution < -0.4 is 23.7 Å². The summed E-state index contributed by atoms with van der Waals surface area (Å²) in [6, 6.07) is 6.97. The monoisotopic (exact) mass is 397 g/mol. The van der Waals surface area contributed by atoms with Gasteiger partial charge in [-0.3, -0.25) is 4.79 Å². The molecule has 0 aliphatic rings. The van der Waals surface area contributed by atoms with E-state index in [-0.39, 0.29) is 5.78 Å². The minimum absolute atomic E-state index is 0.195. The van der Waals surface area contributed by atoms with Gasteiger partial charge in [-0.1, -0.05) is 0 Å². The van der Waals surface area contributed by atoms with E-state index in [4.69, 9.17) is 23.7 Å². The minimum Gasteiger partial charge on any atom is -0.493 e. The lowest BCUT2D eigenvalue weighted by Crippen LogP contribution is -2.00. The van der Waals surface area contributed by atoms with Gasteiger partial charge in [-0.15, -0.1) is 0 Å². The van der Waals surface area contributed by atoms with Crippen LogP contribution in [-0.2, 0) is 0 Å². The second-order valence-electron chi connectivity index (χ2n) is 6.11. The standard InChI is InChI=1S/C22H23NO6/c1-25-18-10-15-13(12-23-16(15)11-19(18)26-2)6-7-17(24)14-8-20(27-3)22(29-5)21(9-14)28-4/h6-12,23H,1-5H3/b7-6+. The third-order valence-electron chi connectivity index (χ3n) is 4.58. The number of carbonyl (C=O) groups excluding carboxylic acids is 1. The molecule has 1 heterocycles. The molecule has 0 fully saturated rings. The lowest BCUT2D eigenvalue weighted by molar-refractivity contribution is 0.104. The van der Waals surface area contributed by atoms with Crippen LogP contribution in [0.2, 0.25) is 0 Å². The van der Waals surface area contributed by atoms with Crippen LogP contribution in [0, 0.1) is 0 Å². The number of H-pyrrole nitrogens is 1. The van der Waals surface area contributed by atoms with E-state index in [0.717, 1.165) is 16.5 Å². The number of ether oxygens (including phenoxy) is 5. The summed E-state index contributed by atoms with van der Waals surface area (Å²) in [5, 5.41) is 0.914. The summed E-state index contributed by atoms with van der Waals surface area (Å²) in [5.41, 5.74) is 2.15. The van der Waals surface area contributed by atoms with E-state index < -0.39 is 0 Å². The maximum Gasteiger partial charge on any atom is 0.203 e. The van der Waals surface area contributed by atoms with Crippen LogP contribution in [0.1, 0.15) is 15.9 Å². The highest BCUT2D eigenvalue weighted by Crippen LogP contribution is 2.38. The molecule has 3 rings (SSSR count). The summed E-state index contributed by atoms with van der Waals surface area (Å²) >= 11 is 0. The number of aromatic nitrogens is 1. The highest BCUT2D eigenvalue weighted by atomic mass is 16.5. The zero-order valence-electron chi connectivity index (χ0n) is 17.0. The number of hydrogen-bond acceptors (Lipinski definition) is 6. The van der Waals surface area contributed by atoms with E-state index in [1.165, 1.54) is 27.4 Å². The van der Waals surface area contributed by atoms with Gasteiger partial charge in [0.15, 0.2) is 28.8 Å². The number of aromatic amines is 1. The SMILES string of the molecule is COc1cc2[nH]cc(/C=C/C(=O)c3cc(OC)c(OC)c(OC)c3)c2cc1OC. The number of ketones is 1. The van der Waals surface area contributed by atoms with E-state index in [2.05, 4.69) is 4.98 Å². The molecule has 0 atom stereocenters. The van der Waals surface area contributed by atoms with Crippen molar-refractivity contribution in [1.29, 1.82) is 0 Å². The normalized spacial score (nSPS) is 10.9. The average Bonchev–Trinajstić information content (AvgIpc) is 3.16. The highest BCUT2D eigenvalue weighted by molar-refractivity contribution is 6.08. The first-order valence-electron chi connectivity index (χ1n) is 8.81. The van der Waals surface area contributed by atoms with E-state index in [1.807, 2.05) is 18.3 Å². The number of hydrogen-bond donors (Lipinski definition) is 1. The molecule has 0 unspecified atom stereocenters. The molecule has 2 aromatic carbocycles. The fourth-order valence-electron chi connectivity index (χ4n) is 3.09. The zero-order chi connectivity index (χ0) is 21.0. The van der Waals surface area contributed by atoms with Gasteiger partial charge in [0.05, 0.1) is 35.5 Å². The van der Waals surface area contributed by atoms with Crippen LogP contribution in [0.15, 0.2) is 36.5 Å². The molecule has 0 amide bonds. The van der Waals surface area contributed by atoms with Gasteiger partial charge < -0.3 is 28.7 Å². The van der Waals surface area contributed by atoms with Crippen LogP contribution >= 0.6 is 0 Å². The summed E-state index contributed by atoms with van der Waals surface area (Å²) < 4.78 is 26.6. The number of rotatable bonds is 8. The summed E-state index contributed by atoms with van der Waals surface area (Å²) in [6.45, 7) is 0. The van der Waals surface area contributed by atoms with Crippen LogP contribution in [0.25, 0.3) is 17.0 Å². The van der Waals surface area contributed by atoms with E-state index in [9.17, 15) is 4.79 Å². The molecule has 0 bridgehead atoms. The van der Waals surface area contributed by atoms with E-state index in [1.54, 1.807) is 32.4 Å². The number of carbonyl (C=O) groups is 1. The lowest BCUT2D eigenvalue weighted by atomic mass is 10.1. The number of allylic oxidation sites excluding steroid dienone is 1. The Hall–Kier alpha value is -3.61. The second-order valence-corrected chi connectivity index (χ2v) is 6.11. The quantitative estimate of drug-likeness (QED) is 0.455. The van der Waals surface area contributed by atoms with Crippen molar-refractivity contribution in [2.24, 2.45) is 0 Å². The fourth-order valence-corrected chi connectivity index (χ4v) is 3.09. The predicted octanol–water partition coefficient (Wildman–Crippen LogP) is 4.11. The van der Waals surface area contributed by atoms with Crippen LogP contribution in [0.3, 0.4) is 0 Å². The van der Waals surface area contributed by atoms with Gasteiger partial charge in [-0.05, 0) is 30.4 Å². The molecule has 1 N–H and O–H groups in total. The predicted molar refractivity (Wildman–Crippen MR) is 111 cm³/mol. The molecule has 0 aliphatic heterocycles. The van der Waals surface area contributed by atoms with Crippen molar-refractivity contribution in [3.8, 4) is 28.7 Å². The first-order chi connectivity index (χ1) is 14.1. The molecule has 7 nitrogen and oxygen atoms in total. The summed E-state index contributed by atoms with van der Waals surface area (Å²) in [6.07, 6.45) is 5.07. The first kappa shape index (κ1) is 20.1. The summed E-state index contributed by atoms with van der Waals surface area (Å²) in [5.74, 6) is 2.34. The Labute approximate surface area is 168 Å². The third-order valence-corrected chi connectivity index (χ3v) is 4.58. The number of benzene rings is 2. The second kappa shape index (κ2) is 8.60. The molecule has 1 aromatic heterocycles. The zero-order valence-corrected chi connectivity index (χ0v) is 17.0. The van der Waals surface area contributed by atoms with Crippen molar-refractivity contribution >= 4 is 22.8 Å². The Morgan fingerprint density at radius 3 is 1.93 bits per heavy atom. The van der Waals surface area contributed by atoms with Gasteiger partial charge in [0, 0.05) is 34.3 Å². The van der Waals surface area contributed by atoms with Crippen molar-refractivity contribution in [3.63, 3.8) is 0 Å². The Morgan fingerprint density at radius 2 is 1.38 bits per heavy atom. The van der Waals surface area contributed by atoms with Crippen LogP contribution in [0.5, 0.6) is 28.7 Å². The number of methoxy groups -OCH3 is 5. The summed E-state index contributed by atoms with van der Waals surface area (Å²) in [7, 11) is 7.70. The number of nitrogens with one attached hydrogen (secondary N) is 1. The molecule has 0 radical (unpaired) electrons. The third kappa shape index (κ3) is 3.85. The smallest absolute Gasteiger partial charge is 0.203 e. The maximum absolute atomic E-state index is 12.7. The number of fused-ring (bicyclic) bond motifs is 1. The Morgan fingerprint density at radius 1 is 0.793 bits per heavy atom. The Kier molecular flexibility index (Phi) is 5.97. The van der Waals surface area contributed by atoms with Gasteiger partial charge >= 0.3 is 0 Å². The van der Waals surface area contributed by atoms with Gasteiger partial charge in [0.25, 0.3) is 0 Å². The van der Waals surface area contributed by atoms with Crippen molar-refractivity contribution in [3.05, 3.63) is 47.7 Å². The maximum atomic E-state index is 12.7. The van der Waals surface area contributed by atoms with E-state index >= 15 is 0 Å². The molecule has 0 saturated heterocycles. The van der Waals surface area contributed by atoms with Crippen LogP contribution in [-0.4, -0.2) is 46.3 Å². The van der Waals surface area contributed by atoms with E-state index in [0.29, 0.717) is 34.3 Å². The van der Waals surface area contributed by atoms with Crippen molar-refractivity contribution < 1.29 is 28.5 Å². The van der Waals surface area contributed by atoms with Gasteiger partial charge in [-0.2, -0.15) is 0 Å². The summed E-state index contributed by atoms with van der Waals surface area (Å²) in [4.78, 5) is 15.9. The van der Waals surface area contributed by atoms with Crippen molar-refractivity contribution in [1.82, 2.24) is 4.98 Å². The van der Waals surface area contributed by atoms with Gasteiger partial charge in [-0.25, -0.2) is 0 Å². The highest BCUT2D eigenvalue weighted by Gasteiger charge is 2.16. The molecule has 0 spiro atoms. The fraction of sp³-hybridized carbons (Fsp3) is 0.227. The molecule has 3 aromatic rings. The Bertz CT molecular complexity index is 1040. The average molecular weight is 397 g/mol. The molecule has 0 saturated carbocycles. The van der Waals surface area contributed by atoms with Crippen LogP contribution in [0.4, 0.5) is 0 Å². The van der Waals surface area contributed by atoms with Crippen molar-refractivity contribution in [2.75, 3.05) is 35.5 Å². The Balaban J connectivity index is 1.95. The lowest BCUT2D eigenvalue weighted by Gasteiger charge is -2.13. The first-order valence-corrected chi connectivity index (χ1v) is 8.81. The topological polar surface area (TPSA) is 79.0 Å². The van der Waals surface area contributed by atoms with Gasteiger partial charge in [0.2, 0.25) is 5.75 Å². The molecule has 7 heteroatoms. The molecule has 152 valence electrons. The molecule has 0 aliphatic carbocycles. The minimum atomic E-state index is -0.195. The van der Waals surface area contributed by atoms with Crippen molar-refractivity contribution in [2.45, 2.75) is 0 Å². The molecular formula is C22H23NO6.